The summed E-state index contributed by atoms with van der Waals surface area (Å²) in [5.74, 6) is -0.384. The third-order valence-corrected chi connectivity index (χ3v) is 3.50. The van der Waals surface area contributed by atoms with Gasteiger partial charge in [0.05, 0.1) is 29.5 Å². The third-order valence-electron chi connectivity index (χ3n) is 3.50. The van der Waals surface area contributed by atoms with Crippen molar-refractivity contribution >= 4 is 17.3 Å². The summed E-state index contributed by atoms with van der Waals surface area (Å²) in [6, 6.07) is 5.01. The van der Waals surface area contributed by atoms with E-state index in [4.69, 9.17) is 12.3 Å². The van der Waals surface area contributed by atoms with Gasteiger partial charge in [-0.25, -0.2) is 11.4 Å². The summed E-state index contributed by atoms with van der Waals surface area (Å²) < 4.78 is 4.68. The van der Waals surface area contributed by atoms with Gasteiger partial charge >= 0.3 is 5.97 Å². The van der Waals surface area contributed by atoms with Crippen molar-refractivity contribution in [2.24, 2.45) is 5.41 Å². The zero-order valence-corrected chi connectivity index (χ0v) is 10.9. The van der Waals surface area contributed by atoms with E-state index in [0.717, 1.165) is 18.5 Å². The molecule has 0 bridgehead atoms. The maximum Gasteiger partial charge on any atom is 0.337 e. The summed E-state index contributed by atoms with van der Waals surface area (Å²) in [5.41, 5.74) is 7.75. The first kappa shape index (κ1) is 13.2. The second-order valence-corrected chi connectivity index (χ2v) is 4.96. The van der Waals surface area contributed by atoms with Crippen LogP contribution in [0.3, 0.4) is 0 Å². The molecule has 5 heteroatoms. The van der Waals surface area contributed by atoms with Gasteiger partial charge in [0.15, 0.2) is 0 Å². The number of hydrogen-bond donors (Lipinski definition) is 2. The average molecular weight is 259 g/mol. The van der Waals surface area contributed by atoms with E-state index >= 15 is 0 Å². The van der Waals surface area contributed by atoms with E-state index in [-0.39, 0.29) is 11.4 Å². The SMILES string of the molecule is [C-]#[N+]CC1(CNc2cc(C(=O)OC)ccc2N)CC1. The van der Waals surface area contributed by atoms with Gasteiger partial charge in [0.25, 0.3) is 0 Å². The maximum atomic E-state index is 11.5. The number of rotatable bonds is 5. The highest BCUT2D eigenvalue weighted by Gasteiger charge is 2.45. The second-order valence-electron chi connectivity index (χ2n) is 4.96. The summed E-state index contributed by atoms with van der Waals surface area (Å²) in [4.78, 5) is 14.9. The lowest BCUT2D eigenvalue weighted by Gasteiger charge is -2.14. The molecule has 100 valence electrons. The molecule has 0 radical (unpaired) electrons. The van der Waals surface area contributed by atoms with Crippen molar-refractivity contribution in [2.75, 3.05) is 31.2 Å². The summed E-state index contributed by atoms with van der Waals surface area (Å²) >= 11 is 0. The highest BCUT2D eigenvalue weighted by molar-refractivity contribution is 5.91. The molecule has 5 nitrogen and oxygen atoms in total. The van der Waals surface area contributed by atoms with Crippen LogP contribution in [-0.2, 0) is 4.74 Å². The number of ether oxygens (including phenoxy) is 1. The minimum absolute atomic E-state index is 0.0927. The Balaban J connectivity index is 2.07. The number of nitrogens with two attached hydrogens (primary N) is 1. The van der Waals surface area contributed by atoms with Gasteiger partial charge in [-0.2, -0.15) is 0 Å². The second kappa shape index (κ2) is 5.19. The Morgan fingerprint density at radius 1 is 1.58 bits per heavy atom. The number of anilines is 2. The average Bonchev–Trinajstić information content (AvgIpc) is 3.17. The van der Waals surface area contributed by atoms with Gasteiger partial charge in [0.2, 0.25) is 6.54 Å². The van der Waals surface area contributed by atoms with Crippen LogP contribution < -0.4 is 11.1 Å². The number of esters is 1. The molecule has 0 aliphatic heterocycles. The van der Waals surface area contributed by atoms with E-state index in [1.54, 1.807) is 18.2 Å². The monoisotopic (exact) mass is 259 g/mol. The van der Waals surface area contributed by atoms with Gasteiger partial charge in [-0.3, -0.25) is 0 Å². The summed E-state index contributed by atoms with van der Waals surface area (Å²) in [7, 11) is 1.35. The number of carbonyl (C=O) groups is 1. The molecule has 0 amide bonds. The zero-order valence-electron chi connectivity index (χ0n) is 10.9. The standard InChI is InChI=1S/C14H17N3O2/c1-16-8-14(5-6-14)9-17-12-7-10(13(18)19-2)3-4-11(12)15/h3-4,7,17H,5-6,8-9,15H2,2H3. The van der Waals surface area contributed by atoms with Crippen molar-refractivity contribution in [3.8, 4) is 0 Å². The number of methoxy groups -OCH3 is 1. The number of hydrogen-bond acceptors (Lipinski definition) is 4. The molecule has 0 spiro atoms. The Kier molecular flexibility index (Phi) is 3.61. The molecule has 2 rings (SSSR count). The van der Waals surface area contributed by atoms with E-state index < -0.39 is 0 Å². The Hall–Kier alpha value is -2.22. The van der Waals surface area contributed by atoms with Gasteiger partial charge in [0, 0.05) is 6.54 Å². The molecule has 0 heterocycles. The molecule has 3 N–H and O–H groups in total. The first-order chi connectivity index (χ1) is 9.10. The van der Waals surface area contributed by atoms with Crippen LogP contribution in [0.5, 0.6) is 0 Å². The van der Waals surface area contributed by atoms with E-state index in [1.807, 2.05) is 0 Å². The highest BCUT2D eigenvalue weighted by Crippen LogP contribution is 2.46. The summed E-state index contributed by atoms with van der Waals surface area (Å²) in [6.45, 7) is 8.20. The molecule has 0 atom stereocenters. The Morgan fingerprint density at radius 3 is 2.89 bits per heavy atom. The number of nitrogen functional groups attached to an aromatic ring is 1. The van der Waals surface area contributed by atoms with Crippen LogP contribution >= 0.6 is 0 Å². The Morgan fingerprint density at radius 2 is 2.32 bits per heavy atom. The van der Waals surface area contributed by atoms with Crippen LogP contribution in [0.4, 0.5) is 11.4 Å². The third kappa shape index (κ3) is 2.97. The molecule has 1 aromatic carbocycles. The lowest BCUT2D eigenvalue weighted by atomic mass is 10.1. The first-order valence-electron chi connectivity index (χ1n) is 6.15. The molecule has 1 saturated carbocycles. The molecule has 0 unspecified atom stereocenters. The van der Waals surface area contributed by atoms with Gasteiger partial charge in [0.1, 0.15) is 0 Å². The fourth-order valence-corrected chi connectivity index (χ4v) is 1.97. The number of nitrogens with one attached hydrogen (secondary N) is 1. The van der Waals surface area contributed by atoms with Gasteiger partial charge in [-0.05, 0) is 31.0 Å². The Labute approximate surface area is 112 Å². The summed E-state index contributed by atoms with van der Waals surface area (Å²) in [5, 5.41) is 3.24. The highest BCUT2D eigenvalue weighted by atomic mass is 16.5. The van der Waals surface area contributed by atoms with Gasteiger partial charge in [-0.15, -0.1) is 0 Å². The fourth-order valence-electron chi connectivity index (χ4n) is 1.97. The van der Waals surface area contributed by atoms with Crippen molar-refractivity contribution < 1.29 is 9.53 Å². The number of benzene rings is 1. The molecule has 1 aromatic rings. The van der Waals surface area contributed by atoms with Crippen molar-refractivity contribution in [1.82, 2.24) is 0 Å². The van der Waals surface area contributed by atoms with Crippen LogP contribution in [0, 0.1) is 12.0 Å². The maximum absolute atomic E-state index is 11.5. The van der Waals surface area contributed by atoms with E-state index in [0.29, 0.717) is 24.3 Å². The molecular formula is C14H17N3O2. The molecule has 1 aliphatic rings. The van der Waals surface area contributed by atoms with Crippen LogP contribution in [0.1, 0.15) is 23.2 Å². The molecule has 19 heavy (non-hydrogen) atoms. The van der Waals surface area contributed by atoms with Crippen molar-refractivity contribution in [2.45, 2.75) is 12.8 Å². The number of carbonyl (C=O) groups excluding carboxylic acids is 1. The van der Waals surface area contributed by atoms with Crippen LogP contribution in [0.2, 0.25) is 0 Å². The van der Waals surface area contributed by atoms with E-state index in [1.165, 1.54) is 7.11 Å². The largest absolute Gasteiger partial charge is 0.465 e. The predicted molar refractivity (Wildman–Crippen MR) is 73.8 cm³/mol. The molecule has 0 aromatic heterocycles. The zero-order chi connectivity index (χ0) is 13.9. The summed E-state index contributed by atoms with van der Waals surface area (Å²) in [6.07, 6.45) is 2.14. The molecule has 0 saturated heterocycles. The fraction of sp³-hybridized carbons (Fsp3) is 0.429. The van der Waals surface area contributed by atoms with Crippen LogP contribution in [0.25, 0.3) is 4.85 Å². The molecule has 1 aliphatic carbocycles. The minimum Gasteiger partial charge on any atom is -0.465 e. The normalized spacial score (nSPS) is 15.4. The van der Waals surface area contributed by atoms with Crippen LogP contribution in [0.15, 0.2) is 18.2 Å². The number of nitrogens with zero attached hydrogens (tertiary/aromatic N) is 1. The first-order valence-corrected chi connectivity index (χ1v) is 6.15. The van der Waals surface area contributed by atoms with E-state index in [9.17, 15) is 4.79 Å². The van der Waals surface area contributed by atoms with Gasteiger partial charge in [-0.1, -0.05) is 0 Å². The molecular weight excluding hydrogens is 242 g/mol. The molecule has 1 fully saturated rings. The predicted octanol–water partition coefficient (Wildman–Crippen LogP) is 2.17. The van der Waals surface area contributed by atoms with Crippen molar-refractivity contribution in [3.05, 3.63) is 35.2 Å². The Bertz CT molecular complexity index is 530. The van der Waals surface area contributed by atoms with E-state index in [2.05, 4.69) is 14.9 Å². The smallest absolute Gasteiger partial charge is 0.337 e. The topological polar surface area (TPSA) is 68.7 Å². The lowest BCUT2D eigenvalue weighted by Crippen LogP contribution is -2.18. The van der Waals surface area contributed by atoms with Crippen LogP contribution in [-0.4, -0.2) is 26.2 Å². The minimum atomic E-state index is -0.384. The van der Waals surface area contributed by atoms with Crippen molar-refractivity contribution in [3.63, 3.8) is 0 Å². The van der Waals surface area contributed by atoms with Crippen molar-refractivity contribution in [1.29, 1.82) is 0 Å². The van der Waals surface area contributed by atoms with Gasteiger partial charge < -0.3 is 20.6 Å². The lowest BCUT2D eigenvalue weighted by molar-refractivity contribution is 0.0601. The quantitative estimate of drug-likeness (QED) is 0.483.